The maximum absolute atomic E-state index is 12.8. The van der Waals surface area contributed by atoms with Gasteiger partial charge in [-0.25, -0.2) is 4.79 Å². The normalized spacial score (nSPS) is 25.3. The molecular weight excluding hydrogens is 288 g/mol. The van der Waals surface area contributed by atoms with Crippen molar-refractivity contribution in [1.82, 2.24) is 0 Å². The van der Waals surface area contributed by atoms with Gasteiger partial charge in [0.05, 0.1) is 22.0 Å². The van der Waals surface area contributed by atoms with Gasteiger partial charge in [-0.2, -0.15) is 0 Å². The van der Waals surface area contributed by atoms with E-state index in [4.69, 9.17) is 4.74 Å². The van der Waals surface area contributed by atoms with Gasteiger partial charge in [-0.05, 0) is 56.7 Å². The molecular formula is C16H20O4S. The molecule has 2 unspecified atom stereocenters. The zero-order valence-corrected chi connectivity index (χ0v) is 12.9. The first-order valence-corrected chi connectivity index (χ1v) is 8.61. The molecule has 1 aliphatic heterocycles. The van der Waals surface area contributed by atoms with Crippen LogP contribution in [0.5, 0.6) is 0 Å². The molecule has 5 heteroatoms. The summed E-state index contributed by atoms with van der Waals surface area (Å²) in [5, 5.41) is 9.27. The summed E-state index contributed by atoms with van der Waals surface area (Å²) >= 11 is 0. The summed E-state index contributed by atoms with van der Waals surface area (Å²) in [5.41, 5.74) is 0.899. The van der Waals surface area contributed by atoms with Crippen LogP contribution in [0.2, 0.25) is 0 Å². The summed E-state index contributed by atoms with van der Waals surface area (Å²) in [6, 6.07) is 5.10. The molecule has 1 aromatic carbocycles. The molecule has 4 nitrogen and oxygen atoms in total. The molecule has 0 aromatic heterocycles. The zero-order valence-electron chi connectivity index (χ0n) is 12.1. The minimum absolute atomic E-state index is 0.0428. The predicted molar refractivity (Wildman–Crippen MR) is 80.1 cm³/mol. The third kappa shape index (κ3) is 2.77. The van der Waals surface area contributed by atoms with Gasteiger partial charge >= 0.3 is 5.97 Å². The topological polar surface area (TPSA) is 63.6 Å². The SMILES string of the molecule is Cc1ccc(S(=O)C2CCOC3(CCC3)C2)cc1C(=O)O. The molecule has 2 atom stereocenters. The van der Waals surface area contributed by atoms with Crippen molar-refractivity contribution in [3.8, 4) is 0 Å². The smallest absolute Gasteiger partial charge is 0.335 e. The van der Waals surface area contributed by atoms with Crippen LogP contribution >= 0.6 is 0 Å². The second kappa shape index (κ2) is 5.54. The highest BCUT2D eigenvalue weighted by atomic mass is 32.2. The minimum atomic E-state index is -1.16. The van der Waals surface area contributed by atoms with Gasteiger partial charge in [0.25, 0.3) is 0 Å². The second-order valence-electron chi connectivity index (χ2n) is 6.08. The molecule has 1 aliphatic carbocycles. The van der Waals surface area contributed by atoms with Crippen molar-refractivity contribution in [1.29, 1.82) is 0 Å². The Hall–Kier alpha value is -1.20. The molecule has 1 spiro atoms. The van der Waals surface area contributed by atoms with Gasteiger partial charge in [-0.1, -0.05) is 6.07 Å². The van der Waals surface area contributed by atoms with E-state index in [2.05, 4.69) is 0 Å². The van der Waals surface area contributed by atoms with Crippen LogP contribution < -0.4 is 0 Å². The summed E-state index contributed by atoms with van der Waals surface area (Å²) in [6.45, 7) is 2.42. The Morgan fingerprint density at radius 2 is 2.19 bits per heavy atom. The Morgan fingerprint density at radius 3 is 2.81 bits per heavy atom. The highest BCUT2D eigenvalue weighted by Gasteiger charge is 2.44. The average molecular weight is 308 g/mol. The van der Waals surface area contributed by atoms with E-state index in [1.807, 2.05) is 0 Å². The van der Waals surface area contributed by atoms with E-state index in [9.17, 15) is 14.1 Å². The monoisotopic (exact) mass is 308 g/mol. The average Bonchev–Trinajstić information content (AvgIpc) is 2.45. The van der Waals surface area contributed by atoms with E-state index >= 15 is 0 Å². The minimum Gasteiger partial charge on any atom is -0.478 e. The summed E-state index contributed by atoms with van der Waals surface area (Å²) in [5.74, 6) is -0.964. The lowest BCUT2D eigenvalue weighted by molar-refractivity contribution is -0.125. The van der Waals surface area contributed by atoms with Crippen LogP contribution in [0.25, 0.3) is 0 Å². The molecule has 1 saturated carbocycles. The summed E-state index contributed by atoms with van der Waals surface area (Å²) in [6.07, 6.45) is 4.93. The maximum Gasteiger partial charge on any atom is 0.335 e. The quantitative estimate of drug-likeness (QED) is 0.932. The predicted octanol–water partition coefficient (Wildman–Crippen LogP) is 2.90. The first kappa shape index (κ1) is 14.7. The molecule has 0 radical (unpaired) electrons. The van der Waals surface area contributed by atoms with Crippen molar-refractivity contribution >= 4 is 16.8 Å². The van der Waals surface area contributed by atoms with Gasteiger partial charge in [-0.3, -0.25) is 4.21 Å². The number of rotatable bonds is 3. The van der Waals surface area contributed by atoms with Crippen molar-refractivity contribution in [3.63, 3.8) is 0 Å². The fourth-order valence-corrected chi connectivity index (χ4v) is 4.82. The highest BCUT2D eigenvalue weighted by molar-refractivity contribution is 7.85. The number of aromatic carboxylic acids is 1. The molecule has 2 fully saturated rings. The fourth-order valence-electron chi connectivity index (χ4n) is 3.23. The molecule has 21 heavy (non-hydrogen) atoms. The molecule has 2 aliphatic rings. The lowest BCUT2D eigenvalue weighted by atomic mass is 9.75. The Morgan fingerprint density at radius 1 is 1.43 bits per heavy atom. The van der Waals surface area contributed by atoms with Crippen LogP contribution in [0, 0.1) is 6.92 Å². The Kier molecular flexibility index (Phi) is 3.88. The van der Waals surface area contributed by atoms with E-state index in [1.165, 1.54) is 6.42 Å². The number of ether oxygens (including phenoxy) is 1. The van der Waals surface area contributed by atoms with Crippen LogP contribution in [0.4, 0.5) is 0 Å². The Labute approximate surface area is 127 Å². The maximum atomic E-state index is 12.8. The lowest BCUT2D eigenvalue weighted by Crippen LogP contribution is -2.48. The Bertz CT molecular complexity index is 592. The van der Waals surface area contributed by atoms with Crippen molar-refractivity contribution in [2.45, 2.75) is 54.8 Å². The number of carboxylic acid groups (broad SMARTS) is 1. The number of aryl methyl sites for hydroxylation is 1. The van der Waals surface area contributed by atoms with Crippen molar-refractivity contribution in [2.24, 2.45) is 0 Å². The van der Waals surface area contributed by atoms with Gasteiger partial charge in [0.2, 0.25) is 0 Å². The molecule has 114 valence electrons. The first-order chi connectivity index (χ1) is 10.0. The molecule has 0 amide bonds. The molecule has 1 saturated heterocycles. The number of hydrogen-bond donors (Lipinski definition) is 1. The number of hydrogen-bond acceptors (Lipinski definition) is 3. The van der Waals surface area contributed by atoms with Crippen molar-refractivity contribution in [2.75, 3.05) is 6.61 Å². The van der Waals surface area contributed by atoms with E-state index < -0.39 is 16.8 Å². The lowest BCUT2D eigenvalue weighted by Gasteiger charge is -2.46. The Balaban J connectivity index is 1.81. The molecule has 0 bridgehead atoms. The fraction of sp³-hybridized carbons (Fsp3) is 0.562. The van der Waals surface area contributed by atoms with Crippen LogP contribution in [-0.2, 0) is 15.5 Å². The summed E-state index contributed by atoms with van der Waals surface area (Å²) < 4.78 is 18.6. The standard InChI is InChI=1S/C16H20O4S/c1-11-3-4-12(9-14(11)15(17)18)21(19)13-5-8-20-16(10-13)6-2-7-16/h3-4,9,13H,2,5-8,10H2,1H3,(H,17,18). The number of carboxylic acids is 1. The molecule has 1 heterocycles. The zero-order chi connectivity index (χ0) is 15.0. The van der Waals surface area contributed by atoms with Gasteiger partial charge in [0.15, 0.2) is 0 Å². The third-order valence-electron chi connectivity index (χ3n) is 4.69. The van der Waals surface area contributed by atoms with Gasteiger partial charge in [0.1, 0.15) is 0 Å². The van der Waals surface area contributed by atoms with Crippen LogP contribution in [0.15, 0.2) is 23.1 Å². The first-order valence-electron chi connectivity index (χ1n) is 7.39. The van der Waals surface area contributed by atoms with E-state index in [1.54, 1.807) is 25.1 Å². The van der Waals surface area contributed by atoms with E-state index in [-0.39, 0.29) is 16.4 Å². The van der Waals surface area contributed by atoms with Gasteiger partial charge in [0, 0.05) is 16.8 Å². The molecule has 3 rings (SSSR count). The van der Waals surface area contributed by atoms with Crippen LogP contribution in [0.3, 0.4) is 0 Å². The highest BCUT2D eigenvalue weighted by Crippen LogP contribution is 2.44. The third-order valence-corrected chi connectivity index (χ3v) is 6.41. The van der Waals surface area contributed by atoms with Gasteiger partial charge in [-0.15, -0.1) is 0 Å². The van der Waals surface area contributed by atoms with Gasteiger partial charge < -0.3 is 9.84 Å². The number of benzene rings is 1. The largest absolute Gasteiger partial charge is 0.478 e. The number of carbonyl (C=O) groups is 1. The molecule has 1 aromatic rings. The van der Waals surface area contributed by atoms with Crippen molar-refractivity contribution in [3.05, 3.63) is 29.3 Å². The van der Waals surface area contributed by atoms with Crippen LogP contribution in [0.1, 0.15) is 48.0 Å². The van der Waals surface area contributed by atoms with E-state index in [0.717, 1.165) is 25.7 Å². The van der Waals surface area contributed by atoms with Crippen molar-refractivity contribution < 1.29 is 18.8 Å². The van der Waals surface area contributed by atoms with E-state index in [0.29, 0.717) is 17.1 Å². The van der Waals surface area contributed by atoms with Crippen LogP contribution in [-0.4, -0.2) is 32.7 Å². The summed E-state index contributed by atoms with van der Waals surface area (Å²) in [4.78, 5) is 11.8. The second-order valence-corrected chi connectivity index (χ2v) is 7.81. The molecule has 1 N–H and O–H groups in total. The summed E-state index contributed by atoms with van der Waals surface area (Å²) in [7, 11) is -1.16.